The first-order valence-corrected chi connectivity index (χ1v) is 5.71. The molecular formula is C12H16FN3O. The average Bonchev–Trinajstić information content (AvgIpc) is 2.72. The molecule has 0 radical (unpaired) electrons. The van der Waals surface area contributed by atoms with Gasteiger partial charge in [-0.2, -0.15) is 0 Å². The van der Waals surface area contributed by atoms with Gasteiger partial charge in [0, 0.05) is 6.54 Å². The molecule has 1 aromatic carbocycles. The Morgan fingerprint density at radius 3 is 2.94 bits per heavy atom. The van der Waals surface area contributed by atoms with Crippen LogP contribution in [0.5, 0.6) is 0 Å². The van der Waals surface area contributed by atoms with E-state index in [0.717, 1.165) is 12.4 Å². The van der Waals surface area contributed by atoms with Crippen molar-refractivity contribution in [3.8, 4) is 0 Å². The van der Waals surface area contributed by atoms with Gasteiger partial charge in [0.15, 0.2) is 5.82 Å². The zero-order valence-electron chi connectivity index (χ0n) is 9.78. The molecule has 0 unspecified atom stereocenters. The second-order valence-corrected chi connectivity index (χ2v) is 3.91. The molecule has 5 heteroatoms. The van der Waals surface area contributed by atoms with Crippen molar-refractivity contribution in [1.82, 2.24) is 14.9 Å². The van der Waals surface area contributed by atoms with E-state index in [1.165, 1.54) is 6.07 Å². The number of hydrogen-bond donors (Lipinski definition) is 2. The molecule has 0 aliphatic heterocycles. The number of aliphatic hydroxyl groups excluding tert-OH is 1. The van der Waals surface area contributed by atoms with Gasteiger partial charge in [0.25, 0.3) is 0 Å². The van der Waals surface area contributed by atoms with Crippen molar-refractivity contribution in [3.05, 3.63) is 29.8 Å². The molecule has 0 saturated heterocycles. The van der Waals surface area contributed by atoms with Crippen molar-refractivity contribution >= 4 is 11.0 Å². The van der Waals surface area contributed by atoms with Crippen LogP contribution >= 0.6 is 0 Å². The largest absolute Gasteiger partial charge is 0.395 e. The molecule has 4 nitrogen and oxygen atoms in total. The summed E-state index contributed by atoms with van der Waals surface area (Å²) in [6.45, 7) is 4.13. The number of halogens is 1. The summed E-state index contributed by atoms with van der Waals surface area (Å²) >= 11 is 0. The number of hydrogen-bond acceptors (Lipinski definition) is 3. The summed E-state index contributed by atoms with van der Waals surface area (Å²) in [6.07, 6.45) is 0. The van der Waals surface area contributed by atoms with Crippen LogP contribution < -0.4 is 0 Å². The number of aromatic amines is 1. The number of fused-ring (bicyclic) bond motifs is 1. The van der Waals surface area contributed by atoms with E-state index in [4.69, 9.17) is 5.11 Å². The number of rotatable bonds is 5. The number of H-pyrrole nitrogens is 1. The van der Waals surface area contributed by atoms with Gasteiger partial charge >= 0.3 is 0 Å². The van der Waals surface area contributed by atoms with Crippen LogP contribution in [0, 0.1) is 5.82 Å². The third kappa shape index (κ3) is 2.62. The van der Waals surface area contributed by atoms with E-state index in [9.17, 15) is 4.39 Å². The molecule has 0 aliphatic rings. The highest BCUT2D eigenvalue weighted by Gasteiger charge is 2.09. The number of nitrogens with one attached hydrogen (secondary N) is 1. The summed E-state index contributed by atoms with van der Waals surface area (Å²) in [5.74, 6) is 0.413. The standard InChI is InChI=1S/C12H16FN3O/c1-2-16(6-7-17)8-11-14-10-5-3-4-9(13)12(10)15-11/h3-5,17H,2,6-8H2,1H3,(H,14,15). The fraction of sp³-hybridized carbons (Fsp3) is 0.417. The Labute approximate surface area is 99.1 Å². The van der Waals surface area contributed by atoms with Crippen LogP contribution in [0.15, 0.2) is 18.2 Å². The topological polar surface area (TPSA) is 52.1 Å². The lowest BCUT2D eigenvalue weighted by Gasteiger charge is -2.16. The molecule has 0 saturated carbocycles. The lowest BCUT2D eigenvalue weighted by molar-refractivity contribution is 0.194. The van der Waals surface area contributed by atoms with Gasteiger partial charge in [0.2, 0.25) is 0 Å². The van der Waals surface area contributed by atoms with Crippen LogP contribution in [-0.4, -0.2) is 39.7 Å². The zero-order valence-corrected chi connectivity index (χ0v) is 9.78. The second-order valence-electron chi connectivity index (χ2n) is 3.91. The number of para-hydroxylation sites is 1. The van der Waals surface area contributed by atoms with Crippen LogP contribution in [-0.2, 0) is 6.54 Å². The number of nitrogens with zero attached hydrogens (tertiary/aromatic N) is 2. The first-order chi connectivity index (χ1) is 8.24. The summed E-state index contributed by atoms with van der Waals surface area (Å²) < 4.78 is 13.4. The normalized spacial score (nSPS) is 11.5. The monoisotopic (exact) mass is 237 g/mol. The molecule has 1 heterocycles. The molecule has 0 aliphatic carbocycles. The fourth-order valence-corrected chi connectivity index (χ4v) is 1.83. The minimum absolute atomic E-state index is 0.114. The Morgan fingerprint density at radius 2 is 2.29 bits per heavy atom. The summed E-state index contributed by atoms with van der Waals surface area (Å²) in [5.41, 5.74) is 1.09. The third-order valence-corrected chi connectivity index (χ3v) is 2.75. The van der Waals surface area contributed by atoms with Crippen molar-refractivity contribution in [2.24, 2.45) is 0 Å². The average molecular weight is 237 g/mol. The number of aliphatic hydroxyl groups is 1. The first-order valence-electron chi connectivity index (χ1n) is 5.71. The molecule has 2 rings (SSSR count). The fourth-order valence-electron chi connectivity index (χ4n) is 1.83. The summed E-state index contributed by atoms with van der Waals surface area (Å²) in [5, 5.41) is 8.90. The van der Waals surface area contributed by atoms with Gasteiger partial charge in [-0.25, -0.2) is 9.37 Å². The molecular weight excluding hydrogens is 221 g/mol. The number of aromatic nitrogens is 2. The highest BCUT2D eigenvalue weighted by molar-refractivity contribution is 5.75. The van der Waals surface area contributed by atoms with Gasteiger partial charge in [-0.1, -0.05) is 13.0 Å². The molecule has 0 bridgehead atoms. The number of benzene rings is 1. The van der Waals surface area contributed by atoms with Crippen molar-refractivity contribution in [2.45, 2.75) is 13.5 Å². The minimum atomic E-state index is -0.310. The Balaban J connectivity index is 2.21. The minimum Gasteiger partial charge on any atom is -0.395 e. The van der Waals surface area contributed by atoms with Gasteiger partial charge in [-0.05, 0) is 18.7 Å². The molecule has 0 fully saturated rings. The lowest BCUT2D eigenvalue weighted by atomic mass is 10.3. The van der Waals surface area contributed by atoms with E-state index in [0.29, 0.717) is 24.1 Å². The molecule has 17 heavy (non-hydrogen) atoms. The van der Waals surface area contributed by atoms with E-state index in [1.807, 2.05) is 11.8 Å². The van der Waals surface area contributed by atoms with Crippen LogP contribution in [0.4, 0.5) is 4.39 Å². The maximum atomic E-state index is 13.4. The van der Waals surface area contributed by atoms with Gasteiger partial charge in [-0.15, -0.1) is 0 Å². The van der Waals surface area contributed by atoms with Crippen molar-refractivity contribution < 1.29 is 9.50 Å². The van der Waals surface area contributed by atoms with Gasteiger partial charge in [0.1, 0.15) is 11.3 Å². The van der Waals surface area contributed by atoms with Crippen LogP contribution in [0.3, 0.4) is 0 Å². The van der Waals surface area contributed by atoms with Crippen molar-refractivity contribution in [2.75, 3.05) is 19.7 Å². The van der Waals surface area contributed by atoms with Gasteiger partial charge < -0.3 is 10.1 Å². The maximum Gasteiger partial charge on any atom is 0.151 e. The van der Waals surface area contributed by atoms with E-state index in [-0.39, 0.29) is 12.4 Å². The zero-order chi connectivity index (χ0) is 12.3. The first kappa shape index (κ1) is 12.0. The SMILES string of the molecule is CCN(CCO)Cc1nc2c(F)cccc2[nH]1. The molecule has 0 spiro atoms. The van der Waals surface area contributed by atoms with Crippen molar-refractivity contribution in [3.63, 3.8) is 0 Å². The van der Waals surface area contributed by atoms with Gasteiger partial charge in [-0.3, -0.25) is 4.90 Å². The lowest BCUT2D eigenvalue weighted by Crippen LogP contribution is -2.26. The molecule has 2 aromatic rings. The summed E-state index contributed by atoms with van der Waals surface area (Å²) in [4.78, 5) is 9.35. The maximum absolute atomic E-state index is 13.4. The summed E-state index contributed by atoms with van der Waals surface area (Å²) in [7, 11) is 0. The van der Waals surface area contributed by atoms with Crippen LogP contribution in [0.1, 0.15) is 12.7 Å². The summed E-state index contributed by atoms with van der Waals surface area (Å²) in [6, 6.07) is 4.86. The number of imidazole rings is 1. The van der Waals surface area contributed by atoms with Crippen LogP contribution in [0.25, 0.3) is 11.0 Å². The smallest absolute Gasteiger partial charge is 0.151 e. The van der Waals surface area contributed by atoms with E-state index < -0.39 is 0 Å². The quantitative estimate of drug-likeness (QED) is 0.829. The Kier molecular flexibility index (Phi) is 3.71. The third-order valence-electron chi connectivity index (χ3n) is 2.75. The van der Waals surface area contributed by atoms with Gasteiger partial charge in [0.05, 0.1) is 18.7 Å². The Hall–Kier alpha value is -1.46. The molecule has 0 amide bonds. The molecule has 92 valence electrons. The highest BCUT2D eigenvalue weighted by Crippen LogP contribution is 2.15. The Bertz CT molecular complexity index is 497. The molecule has 2 N–H and O–H groups in total. The second kappa shape index (κ2) is 5.25. The molecule has 1 aromatic heterocycles. The highest BCUT2D eigenvalue weighted by atomic mass is 19.1. The van der Waals surface area contributed by atoms with E-state index in [1.54, 1.807) is 12.1 Å². The predicted octanol–water partition coefficient (Wildman–Crippen LogP) is 1.52. The Morgan fingerprint density at radius 1 is 1.47 bits per heavy atom. The molecule has 0 atom stereocenters. The number of likely N-dealkylation sites (N-methyl/N-ethyl adjacent to an activating group) is 1. The van der Waals surface area contributed by atoms with E-state index >= 15 is 0 Å². The van der Waals surface area contributed by atoms with Crippen LogP contribution in [0.2, 0.25) is 0 Å². The van der Waals surface area contributed by atoms with Crippen molar-refractivity contribution in [1.29, 1.82) is 0 Å². The van der Waals surface area contributed by atoms with E-state index in [2.05, 4.69) is 9.97 Å². The predicted molar refractivity (Wildman–Crippen MR) is 64.1 cm³/mol.